The summed E-state index contributed by atoms with van der Waals surface area (Å²) in [6, 6.07) is 10.5. The Kier molecular flexibility index (Phi) is 3.72. The van der Waals surface area contributed by atoms with Crippen LogP contribution in [0.1, 0.15) is 4.88 Å². The fourth-order valence-electron chi connectivity index (χ4n) is 2.09. The first-order valence-electron chi connectivity index (χ1n) is 6.15. The lowest BCUT2D eigenvalue weighted by Gasteiger charge is -2.08. The third-order valence-corrected chi connectivity index (χ3v) is 4.26. The quantitative estimate of drug-likeness (QED) is 0.569. The van der Waals surface area contributed by atoms with Crippen LogP contribution < -0.4 is 5.32 Å². The van der Waals surface area contributed by atoms with Gasteiger partial charge in [-0.05, 0) is 18.2 Å². The summed E-state index contributed by atoms with van der Waals surface area (Å²) < 4.78 is 0.738. The van der Waals surface area contributed by atoms with Gasteiger partial charge in [-0.1, -0.05) is 23.7 Å². The van der Waals surface area contributed by atoms with E-state index in [0.29, 0.717) is 12.1 Å². The average Bonchev–Trinajstić information content (AvgIpc) is 2.90. The molecule has 21 heavy (non-hydrogen) atoms. The second kappa shape index (κ2) is 5.67. The molecular weight excluding hydrogens is 310 g/mol. The second-order valence-electron chi connectivity index (χ2n) is 4.35. The molecule has 3 rings (SSSR count). The Morgan fingerprint density at radius 2 is 2.14 bits per heavy atom. The van der Waals surface area contributed by atoms with Crippen LogP contribution in [-0.4, -0.2) is 9.91 Å². The Morgan fingerprint density at radius 1 is 1.29 bits per heavy atom. The van der Waals surface area contributed by atoms with Crippen molar-refractivity contribution in [3.05, 3.63) is 61.9 Å². The molecule has 2 aromatic heterocycles. The predicted molar refractivity (Wildman–Crippen MR) is 85.1 cm³/mol. The lowest BCUT2D eigenvalue weighted by Crippen LogP contribution is -1.99. The molecule has 3 aromatic rings. The number of nitrogens with zero attached hydrogens (tertiary/aromatic N) is 2. The minimum Gasteiger partial charge on any atom is -0.380 e. The maximum absolute atomic E-state index is 11.0. The summed E-state index contributed by atoms with van der Waals surface area (Å²) in [5.41, 5.74) is 1.21. The van der Waals surface area contributed by atoms with E-state index in [1.165, 1.54) is 17.4 Å². The minimum atomic E-state index is -0.418. The summed E-state index contributed by atoms with van der Waals surface area (Å²) in [7, 11) is 0. The fourth-order valence-corrected chi connectivity index (χ4v) is 3.12. The Balaban J connectivity index is 1.95. The zero-order valence-electron chi connectivity index (χ0n) is 10.7. The summed E-state index contributed by atoms with van der Waals surface area (Å²) >= 11 is 7.40. The first-order valence-corrected chi connectivity index (χ1v) is 7.35. The molecule has 2 heterocycles. The van der Waals surface area contributed by atoms with Gasteiger partial charge < -0.3 is 5.32 Å². The normalized spacial score (nSPS) is 10.7. The molecule has 0 unspecified atom stereocenters. The highest BCUT2D eigenvalue weighted by Gasteiger charge is 2.14. The van der Waals surface area contributed by atoms with Crippen molar-refractivity contribution < 1.29 is 4.92 Å². The van der Waals surface area contributed by atoms with E-state index in [9.17, 15) is 10.1 Å². The van der Waals surface area contributed by atoms with Crippen molar-refractivity contribution in [3.63, 3.8) is 0 Å². The van der Waals surface area contributed by atoms with Gasteiger partial charge in [0.25, 0.3) is 5.69 Å². The van der Waals surface area contributed by atoms with E-state index in [1.807, 2.05) is 18.2 Å². The van der Waals surface area contributed by atoms with Crippen molar-refractivity contribution >= 4 is 45.2 Å². The number of nitro benzene ring substituents is 1. The van der Waals surface area contributed by atoms with Crippen LogP contribution in [0.2, 0.25) is 4.34 Å². The third kappa shape index (κ3) is 2.81. The lowest BCUT2D eigenvalue weighted by molar-refractivity contribution is -0.383. The molecule has 0 aliphatic heterocycles. The number of para-hydroxylation sites is 1. The third-order valence-electron chi connectivity index (χ3n) is 3.03. The number of nitro groups is 1. The van der Waals surface area contributed by atoms with Gasteiger partial charge in [0.1, 0.15) is 5.52 Å². The fraction of sp³-hybridized carbons (Fsp3) is 0.0714. The molecule has 1 N–H and O–H groups in total. The molecule has 0 spiro atoms. The van der Waals surface area contributed by atoms with Gasteiger partial charge in [-0.25, -0.2) is 4.98 Å². The summed E-state index contributed by atoms with van der Waals surface area (Å²) in [4.78, 5) is 15.8. The molecule has 5 nitrogen and oxygen atoms in total. The SMILES string of the molecule is O=[N+]([O-])c1cccc2c(NCc3ccc(Cl)s3)ccnc12. The van der Waals surface area contributed by atoms with E-state index >= 15 is 0 Å². The summed E-state index contributed by atoms with van der Waals surface area (Å²) in [5.74, 6) is 0. The zero-order chi connectivity index (χ0) is 14.8. The van der Waals surface area contributed by atoms with E-state index in [0.717, 1.165) is 20.3 Å². The molecule has 0 fully saturated rings. The number of fused-ring (bicyclic) bond motifs is 1. The molecule has 0 saturated heterocycles. The van der Waals surface area contributed by atoms with Crippen LogP contribution in [0.25, 0.3) is 10.9 Å². The molecular formula is C14H10ClN3O2S. The van der Waals surface area contributed by atoms with Gasteiger partial charge in [-0.15, -0.1) is 11.3 Å². The number of non-ortho nitro benzene ring substituents is 1. The average molecular weight is 320 g/mol. The van der Waals surface area contributed by atoms with Crippen LogP contribution in [0.4, 0.5) is 11.4 Å². The monoisotopic (exact) mass is 319 g/mol. The van der Waals surface area contributed by atoms with Gasteiger partial charge >= 0.3 is 0 Å². The van der Waals surface area contributed by atoms with Crippen LogP contribution in [0.15, 0.2) is 42.6 Å². The largest absolute Gasteiger partial charge is 0.380 e. The maximum atomic E-state index is 11.0. The topological polar surface area (TPSA) is 68.1 Å². The number of pyridine rings is 1. The van der Waals surface area contributed by atoms with Gasteiger partial charge in [0.15, 0.2) is 0 Å². The molecule has 0 atom stereocenters. The predicted octanol–water partition coefficient (Wildman–Crippen LogP) is 4.47. The number of aromatic nitrogens is 1. The van der Waals surface area contributed by atoms with Gasteiger partial charge in [0.2, 0.25) is 0 Å². The molecule has 0 saturated carbocycles. The molecule has 0 radical (unpaired) electrons. The number of anilines is 1. The maximum Gasteiger partial charge on any atom is 0.295 e. The lowest BCUT2D eigenvalue weighted by atomic mass is 10.1. The first kappa shape index (κ1) is 13.8. The van der Waals surface area contributed by atoms with Crippen LogP contribution >= 0.6 is 22.9 Å². The highest BCUT2D eigenvalue weighted by atomic mass is 35.5. The van der Waals surface area contributed by atoms with Crippen molar-refractivity contribution in [2.75, 3.05) is 5.32 Å². The Hall–Kier alpha value is -2.18. The van der Waals surface area contributed by atoms with Gasteiger partial charge in [0, 0.05) is 34.8 Å². The summed E-state index contributed by atoms with van der Waals surface area (Å²) in [6.45, 7) is 0.610. The summed E-state index contributed by atoms with van der Waals surface area (Å²) in [5, 5.41) is 15.0. The molecule has 0 bridgehead atoms. The van der Waals surface area contributed by atoms with Gasteiger partial charge in [0.05, 0.1) is 9.26 Å². The van der Waals surface area contributed by atoms with Crippen molar-refractivity contribution in [1.29, 1.82) is 0 Å². The van der Waals surface area contributed by atoms with Crippen LogP contribution in [0.3, 0.4) is 0 Å². The first-order chi connectivity index (χ1) is 10.1. The number of hydrogen-bond donors (Lipinski definition) is 1. The highest BCUT2D eigenvalue weighted by Crippen LogP contribution is 2.29. The molecule has 0 aliphatic carbocycles. The van der Waals surface area contributed by atoms with E-state index in [2.05, 4.69) is 10.3 Å². The van der Waals surface area contributed by atoms with E-state index in [-0.39, 0.29) is 5.69 Å². The number of thiophene rings is 1. The Bertz CT molecular complexity index is 819. The zero-order valence-corrected chi connectivity index (χ0v) is 12.3. The minimum absolute atomic E-state index is 0.00955. The molecule has 0 amide bonds. The number of nitrogens with one attached hydrogen (secondary N) is 1. The number of benzene rings is 1. The molecule has 106 valence electrons. The number of rotatable bonds is 4. The van der Waals surface area contributed by atoms with Crippen LogP contribution in [0.5, 0.6) is 0 Å². The van der Waals surface area contributed by atoms with Crippen molar-refractivity contribution in [3.8, 4) is 0 Å². The van der Waals surface area contributed by atoms with Crippen molar-refractivity contribution in [2.24, 2.45) is 0 Å². The Morgan fingerprint density at radius 3 is 2.86 bits per heavy atom. The molecule has 1 aromatic carbocycles. The van der Waals surface area contributed by atoms with Gasteiger partial charge in [-0.3, -0.25) is 10.1 Å². The van der Waals surface area contributed by atoms with Crippen LogP contribution in [-0.2, 0) is 6.54 Å². The number of halogens is 1. The van der Waals surface area contributed by atoms with E-state index in [4.69, 9.17) is 11.6 Å². The molecule has 7 heteroatoms. The highest BCUT2D eigenvalue weighted by molar-refractivity contribution is 7.16. The second-order valence-corrected chi connectivity index (χ2v) is 6.15. The van der Waals surface area contributed by atoms with Crippen molar-refractivity contribution in [1.82, 2.24) is 4.98 Å². The summed E-state index contributed by atoms with van der Waals surface area (Å²) in [6.07, 6.45) is 1.57. The number of hydrogen-bond acceptors (Lipinski definition) is 5. The van der Waals surface area contributed by atoms with Crippen LogP contribution in [0, 0.1) is 10.1 Å². The van der Waals surface area contributed by atoms with E-state index in [1.54, 1.807) is 18.3 Å². The van der Waals surface area contributed by atoms with E-state index < -0.39 is 4.92 Å². The molecule has 0 aliphatic rings. The van der Waals surface area contributed by atoms with Crippen molar-refractivity contribution in [2.45, 2.75) is 6.54 Å². The van der Waals surface area contributed by atoms with Gasteiger partial charge in [-0.2, -0.15) is 0 Å². The Labute approximate surface area is 129 Å². The standard InChI is InChI=1S/C14H10ClN3O2S/c15-13-5-4-9(21-13)8-17-11-6-7-16-14-10(11)2-1-3-12(14)18(19)20/h1-7H,8H2,(H,16,17). The smallest absolute Gasteiger partial charge is 0.295 e.